The predicted molar refractivity (Wildman–Crippen MR) is 90.1 cm³/mol. The Bertz CT molecular complexity index is 589. The van der Waals surface area contributed by atoms with Crippen molar-refractivity contribution in [2.24, 2.45) is 5.41 Å². The van der Waals surface area contributed by atoms with Gasteiger partial charge in [0.15, 0.2) is 0 Å². The molecule has 0 saturated carbocycles. The smallest absolute Gasteiger partial charge is 0.251 e. The summed E-state index contributed by atoms with van der Waals surface area (Å²) in [7, 11) is 0. The Hall–Kier alpha value is -2.37. The van der Waals surface area contributed by atoms with E-state index in [4.69, 9.17) is 0 Å². The van der Waals surface area contributed by atoms with E-state index in [9.17, 15) is 14.4 Å². The van der Waals surface area contributed by atoms with Crippen LogP contribution in [0.25, 0.3) is 0 Å². The van der Waals surface area contributed by atoms with Gasteiger partial charge in [0.1, 0.15) is 0 Å². The maximum absolute atomic E-state index is 12.1. The van der Waals surface area contributed by atoms with Crippen molar-refractivity contribution in [3.05, 3.63) is 29.8 Å². The Kier molecular flexibility index (Phi) is 6.30. The first kappa shape index (κ1) is 18.7. The second kappa shape index (κ2) is 7.76. The fourth-order valence-corrected chi connectivity index (χ4v) is 1.69. The predicted octanol–water partition coefficient (Wildman–Crippen LogP) is 1.93. The molecule has 0 atom stereocenters. The molecule has 1 rings (SSSR count). The van der Waals surface area contributed by atoms with E-state index in [0.29, 0.717) is 11.3 Å². The third-order valence-electron chi connectivity index (χ3n) is 2.92. The Labute approximate surface area is 137 Å². The van der Waals surface area contributed by atoms with Crippen molar-refractivity contribution in [2.75, 3.05) is 11.9 Å². The summed E-state index contributed by atoms with van der Waals surface area (Å²) in [6.07, 6.45) is 0. The van der Waals surface area contributed by atoms with Gasteiger partial charge in [0.25, 0.3) is 5.91 Å². The van der Waals surface area contributed by atoms with E-state index < -0.39 is 5.41 Å². The summed E-state index contributed by atoms with van der Waals surface area (Å²) in [5.41, 5.74) is 0.408. The van der Waals surface area contributed by atoms with Crippen molar-refractivity contribution in [3.63, 3.8) is 0 Å². The number of carbonyl (C=O) groups excluding carboxylic acids is 3. The van der Waals surface area contributed by atoms with E-state index >= 15 is 0 Å². The van der Waals surface area contributed by atoms with Crippen molar-refractivity contribution < 1.29 is 14.4 Å². The van der Waals surface area contributed by atoms with Gasteiger partial charge in [-0.1, -0.05) is 26.8 Å². The van der Waals surface area contributed by atoms with Gasteiger partial charge in [-0.05, 0) is 32.0 Å². The minimum atomic E-state index is -0.521. The third-order valence-corrected chi connectivity index (χ3v) is 2.92. The lowest BCUT2D eigenvalue weighted by molar-refractivity contribution is -0.123. The van der Waals surface area contributed by atoms with Crippen LogP contribution in [0.3, 0.4) is 0 Å². The first-order valence-electron chi connectivity index (χ1n) is 7.58. The summed E-state index contributed by atoms with van der Waals surface area (Å²) in [5.74, 6) is -0.743. The van der Waals surface area contributed by atoms with E-state index in [2.05, 4.69) is 16.0 Å². The highest BCUT2D eigenvalue weighted by atomic mass is 16.2. The Morgan fingerprint density at radius 2 is 1.78 bits per heavy atom. The Balaban J connectivity index is 2.67. The van der Waals surface area contributed by atoms with Crippen molar-refractivity contribution >= 4 is 23.4 Å². The van der Waals surface area contributed by atoms with Crippen LogP contribution in [0.5, 0.6) is 0 Å². The molecule has 1 aromatic rings. The summed E-state index contributed by atoms with van der Waals surface area (Å²) in [6, 6.07) is 6.63. The lowest BCUT2D eigenvalue weighted by Gasteiger charge is -2.18. The summed E-state index contributed by atoms with van der Waals surface area (Å²) in [5, 5.41) is 8.01. The van der Waals surface area contributed by atoms with Gasteiger partial charge < -0.3 is 16.0 Å². The number of benzene rings is 1. The van der Waals surface area contributed by atoms with Gasteiger partial charge in [-0.25, -0.2) is 0 Å². The molecule has 0 aromatic heterocycles. The number of anilines is 1. The van der Waals surface area contributed by atoms with Gasteiger partial charge in [-0.15, -0.1) is 0 Å². The highest BCUT2D eigenvalue weighted by molar-refractivity contribution is 5.99. The van der Waals surface area contributed by atoms with Gasteiger partial charge in [0, 0.05) is 22.7 Å². The first-order chi connectivity index (χ1) is 10.6. The zero-order valence-corrected chi connectivity index (χ0v) is 14.3. The molecule has 3 amide bonds. The summed E-state index contributed by atoms with van der Waals surface area (Å²) in [4.78, 5) is 35.6. The standard InChI is InChI=1S/C17H25N3O3/c1-11(2)19-14(21)10-18-15(22)12-7-6-8-13(9-12)20-16(23)17(3,4)5/h6-9,11H,10H2,1-5H3,(H,18,22)(H,19,21)(H,20,23). The third kappa shape index (κ3) is 6.50. The molecule has 23 heavy (non-hydrogen) atoms. The van der Waals surface area contributed by atoms with Crippen LogP contribution in [0, 0.1) is 5.41 Å². The van der Waals surface area contributed by atoms with Crippen LogP contribution >= 0.6 is 0 Å². The second-order valence-corrected chi connectivity index (χ2v) is 6.69. The number of rotatable bonds is 5. The lowest BCUT2D eigenvalue weighted by Crippen LogP contribution is -2.39. The molecule has 0 aliphatic rings. The molecule has 126 valence electrons. The normalized spacial score (nSPS) is 11.0. The molecule has 0 saturated heterocycles. The van der Waals surface area contributed by atoms with Crippen molar-refractivity contribution in [3.8, 4) is 0 Å². The zero-order chi connectivity index (χ0) is 17.6. The molecular formula is C17H25N3O3. The number of amides is 3. The molecule has 6 nitrogen and oxygen atoms in total. The lowest BCUT2D eigenvalue weighted by atomic mass is 9.95. The summed E-state index contributed by atoms with van der Waals surface area (Å²) < 4.78 is 0. The number of hydrogen-bond acceptors (Lipinski definition) is 3. The van der Waals surface area contributed by atoms with Crippen LogP contribution in [-0.2, 0) is 9.59 Å². The van der Waals surface area contributed by atoms with Crippen LogP contribution in [0.2, 0.25) is 0 Å². The molecule has 0 unspecified atom stereocenters. The topological polar surface area (TPSA) is 87.3 Å². The maximum atomic E-state index is 12.1. The molecule has 6 heteroatoms. The van der Waals surface area contributed by atoms with E-state index in [1.165, 1.54) is 0 Å². The molecule has 0 aliphatic carbocycles. The van der Waals surface area contributed by atoms with E-state index in [1.54, 1.807) is 24.3 Å². The molecule has 1 aromatic carbocycles. The minimum absolute atomic E-state index is 0.0235. The average molecular weight is 319 g/mol. The second-order valence-electron chi connectivity index (χ2n) is 6.69. The molecule has 0 aliphatic heterocycles. The SMILES string of the molecule is CC(C)NC(=O)CNC(=O)c1cccc(NC(=O)C(C)(C)C)c1. The zero-order valence-electron chi connectivity index (χ0n) is 14.3. The number of nitrogens with one attached hydrogen (secondary N) is 3. The number of carbonyl (C=O) groups is 3. The molecule has 0 radical (unpaired) electrons. The molecule has 0 heterocycles. The number of hydrogen-bond donors (Lipinski definition) is 3. The van der Waals surface area contributed by atoms with Gasteiger partial charge in [0.05, 0.1) is 6.54 Å². The first-order valence-corrected chi connectivity index (χ1v) is 7.58. The minimum Gasteiger partial charge on any atom is -0.352 e. The highest BCUT2D eigenvalue weighted by Gasteiger charge is 2.21. The van der Waals surface area contributed by atoms with E-state index in [1.807, 2.05) is 34.6 Å². The van der Waals surface area contributed by atoms with Crippen molar-refractivity contribution in [1.29, 1.82) is 0 Å². The van der Waals surface area contributed by atoms with Crippen LogP contribution in [-0.4, -0.2) is 30.3 Å². The van der Waals surface area contributed by atoms with Crippen LogP contribution in [0.15, 0.2) is 24.3 Å². The van der Waals surface area contributed by atoms with Gasteiger partial charge >= 0.3 is 0 Å². The molecule has 0 bridgehead atoms. The maximum Gasteiger partial charge on any atom is 0.251 e. The molecule has 0 spiro atoms. The fourth-order valence-electron chi connectivity index (χ4n) is 1.69. The van der Waals surface area contributed by atoms with Crippen LogP contribution in [0.4, 0.5) is 5.69 Å². The fraction of sp³-hybridized carbons (Fsp3) is 0.471. The van der Waals surface area contributed by atoms with Crippen LogP contribution in [0.1, 0.15) is 45.0 Å². The summed E-state index contributed by atoms with van der Waals surface area (Å²) >= 11 is 0. The van der Waals surface area contributed by atoms with Gasteiger partial charge in [0.2, 0.25) is 11.8 Å². The quantitative estimate of drug-likeness (QED) is 0.775. The Morgan fingerprint density at radius 1 is 1.13 bits per heavy atom. The largest absolute Gasteiger partial charge is 0.352 e. The van der Waals surface area contributed by atoms with Crippen LogP contribution < -0.4 is 16.0 Å². The average Bonchev–Trinajstić information content (AvgIpc) is 2.43. The highest BCUT2D eigenvalue weighted by Crippen LogP contribution is 2.18. The monoisotopic (exact) mass is 319 g/mol. The summed E-state index contributed by atoms with van der Waals surface area (Å²) in [6.45, 7) is 9.04. The van der Waals surface area contributed by atoms with E-state index in [0.717, 1.165) is 0 Å². The van der Waals surface area contributed by atoms with E-state index in [-0.39, 0.29) is 30.3 Å². The molecule has 0 fully saturated rings. The Morgan fingerprint density at radius 3 is 2.35 bits per heavy atom. The van der Waals surface area contributed by atoms with Crippen molar-refractivity contribution in [2.45, 2.75) is 40.7 Å². The van der Waals surface area contributed by atoms with Gasteiger partial charge in [-0.3, -0.25) is 14.4 Å². The van der Waals surface area contributed by atoms with Crippen molar-refractivity contribution in [1.82, 2.24) is 10.6 Å². The molecule has 3 N–H and O–H groups in total. The van der Waals surface area contributed by atoms with Gasteiger partial charge in [-0.2, -0.15) is 0 Å². The molecular weight excluding hydrogens is 294 g/mol.